The third kappa shape index (κ3) is 2.89. The monoisotopic (exact) mass is 335 g/mol. The Morgan fingerprint density at radius 1 is 0.846 bits per heavy atom. The normalized spacial score (nSPS) is 12.3. The quantitative estimate of drug-likeness (QED) is 0.382. The summed E-state index contributed by atoms with van der Waals surface area (Å²) in [6.07, 6.45) is 8.06. The zero-order valence-electron chi connectivity index (χ0n) is 14.9. The summed E-state index contributed by atoms with van der Waals surface area (Å²) >= 11 is 0. The minimum Gasteiger partial charge on any atom is -0.355 e. The van der Waals surface area contributed by atoms with Crippen molar-refractivity contribution in [3.05, 3.63) is 103 Å². The highest BCUT2D eigenvalue weighted by Gasteiger charge is 2.08. The van der Waals surface area contributed by atoms with E-state index in [0.29, 0.717) is 0 Å². The van der Waals surface area contributed by atoms with Gasteiger partial charge < -0.3 is 4.98 Å². The molecule has 126 valence electrons. The molecule has 4 rings (SSSR count). The molecule has 0 saturated carbocycles. The van der Waals surface area contributed by atoms with E-state index in [2.05, 4.69) is 90.4 Å². The lowest BCUT2D eigenvalue weighted by Crippen LogP contribution is -1.81. The standard InChI is InChI=1S/C25H21N/c1-3-8-18(9-4-2)20-12-14-24-22(16-20)23-17-21(13-15-25(23)26-24)19-10-6-5-7-11-19/h3-17,26H,1H2,2H3/b9-4-,18-8+. The maximum Gasteiger partial charge on any atom is 0.0465 e. The summed E-state index contributed by atoms with van der Waals surface area (Å²) in [4.78, 5) is 3.53. The van der Waals surface area contributed by atoms with Crippen molar-refractivity contribution < 1.29 is 0 Å². The molecule has 0 radical (unpaired) electrons. The fourth-order valence-corrected chi connectivity index (χ4v) is 3.44. The van der Waals surface area contributed by atoms with Gasteiger partial charge in [0, 0.05) is 21.8 Å². The van der Waals surface area contributed by atoms with Crippen LogP contribution in [0.25, 0.3) is 38.5 Å². The van der Waals surface area contributed by atoms with E-state index in [1.165, 1.54) is 27.5 Å². The fraction of sp³-hybridized carbons (Fsp3) is 0.0400. The molecule has 0 fully saturated rings. The summed E-state index contributed by atoms with van der Waals surface area (Å²) in [5, 5.41) is 2.50. The number of nitrogens with one attached hydrogen (secondary N) is 1. The van der Waals surface area contributed by atoms with Gasteiger partial charge in [0.2, 0.25) is 0 Å². The van der Waals surface area contributed by atoms with E-state index in [9.17, 15) is 0 Å². The highest BCUT2D eigenvalue weighted by Crippen LogP contribution is 2.32. The predicted molar refractivity (Wildman–Crippen MR) is 114 cm³/mol. The van der Waals surface area contributed by atoms with E-state index < -0.39 is 0 Å². The van der Waals surface area contributed by atoms with Crippen molar-refractivity contribution in [3.8, 4) is 11.1 Å². The Balaban J connectivity index is 1.92. The number of hydrogen-bond donors (Lipinski definition) is 1. The molecular formula is C25H21N. The van der Waals surface area contributed by atoms with Gasteiger partial charge in [-0.3, -0.25) is 0 Å². The first-order valence-corrected chi connectivity index (χ1v) is 8.87. The average molecular weight is 335 g/mol. The Morgan fingerprint density at radius 3 is 2.31 bits per heavy atom. The predicted octanol–water partition coefficient (Wildman–Crippen LogP) is 7.13. The van der Waals surface area contributed by atoms with Crippen molar-refractivity contribution in [1.82, 2.24) is 4.98 Å². The number of hydrogen-bond acceptors (Lipinski definition) is 0. The van der Waals surface area contributed by atoms with Crippen LogP contribution in [0.1, 0.15) is 12.5 Å². The van der Waals surface area contributed by atoms with Crippen LogP contribution in [-0.2, 0) is 0 Å². The number of H-pyrrole nitrogens is 1. The third-order valence-electron chi connectivity index (χ3n) is 4.68. The number of aromatic amines is 1. The Labute approximate surface area is 154 Å². The molecule has 0 aliphatic carbocycles. The molecule has 1 heterocycles. The molecular weight excluding hydrogens is 314 g/mol. The van der Waals surface area contributed by atoms with Crippen LogP contribution in [0.5, 0.6) is 0 Å². The number of rotatable bonds is 4. The van der Waals surface area contributed by atoms with Gasteiger partial charge in [-0.25, -0.2) is 0 Å². The molecule has 1 nitrogen and oxygen atoms in total. The first kappa shape index (κ1) is 16.2. The molecule has 4 aromatic rings. The van der Waals surface area contributed by atoms with Crippen molar-refractivity contribution in [1.29, 1.82) is 0 Å². The molecule has 0 atom stereocenters. The van der Waals surface area contributed by atoms with Crippen molar-refractivity contribution in [2.45, 2.75) is 6.92 Å². The maximum absolute atomic E-state index is 3.84. The van der Waals surface area contributed by atoms with E-state index in [1.807, 2.05) is 19.1 Å². The summed E-state index contributed by atoms with van der Waals surface area (Å²) < 4.78 is 0. The molecule has 1 N–H and O–H groups in total. The Morgan fingerprint density at radius 2 is 1.58 bits per heavy atom. The average Bonchev–Trinajstić information content (AvgIpc) is 3.05. The molecule has 0 aliphatic heterocycles. The van der Waals surface area contributed by atoms with Crippen molar-refractivity contribution in [2.75, 3.05) is 0 Å². The zero-order valence-corrected chi connectivity index (χ0v) is 14.9. The van der Waals surface area contributed by atoms with Crippen LogP contribution in [0.4, 0.5) is 0 Å². The van der Waals surface area contributed by atoms with Gasteiger partial charge in [-0.1, -0.05) is 73.3 Å². The van der Waals surface area contributed by atoms with Gasteiger partial charge in [-0.2, -0.15) is 0 Å². The SMILES string of the molecule is C=C/C=C(\C=C/C)c1ccc2[nH]c3ccc(-c4ccccc4)cc3c2c1. The van der Waals surface area contributed by atoms with Crippen LogP contribution in [0.2, 0.25) is 0 Å². The largest absolute Gasteiger partial charge is 0.355 e. The molecule has 1 heteroatoms. The number of benzene rings is 3. The topological polar surface area (TPSA) is 15.8 Å². The fourth-order valence-electron chi connectivity index (χ4n) is 3.44. The van der Waals surface area contributed by atoms with Gasteiger partial charge in [-0.15, -0.1) is 0 Å². The van der Waals surface area contributed by atoms with E-state index >= 15 is 0 Å². The molecule has 1 aromatic heterocycles. The molecule has 0 amide bonds. The van der Waals surface area contributed by atoms with Crippen molar-refractivity contribution in [2.24, 2.45) is 0 Å². The molecule has 26 heavy (non-hydrogen) atoms. The number of allylic oxidation sites excluding steroid dienone is 5. The molecule has 0 spiro atoms. The minimum atomic E-state index is 1.16. The number of fused-ring (bicyclic) bond motifs is 3. The van der Waals surface area contributed by atoms with Gasteiger partial charge in [0.05, 0.1) is 0 Å². The second-order valence-electron chi connectivity index (χ2n) is 6.37. The summed E-state index contributed by atoms with van der Waals surface area (Å²) in [6.45, 7) is 5.87. The van der Waals surface area contributed by atoms with Gasteiger partial charge >= 0.3 is 0 Å². The minimum absolute atomic E-state index is 1.16. The lowest BCUT2D eigenvalue weighted by molar-refractivity contribution is 1.54. The summed E-state index contributed by atoms with van der Waals surface area (Å²) in [6, 6.07) is 23.7. The number of aromatic nitrogens is 1. The Bertz CT molecular complexity index is 1140. The summed E-state index contributed by atoms with van der Waals surface area (Å²) in [5.41, 5.74) is 7.16. The van der Waals surface area contributed by atoms with Crippen molar-refractivity contribution >= 4 is 27.4 Å². The molecule has 0 saturated heterocycles. The second-order valence-corrected chi connectivity index (χ2v) is 6.37. The first-order chi connectivity index (χ1) is 12.8. The van der Waals surface area contributed by atoms with Gasteiger partial charge in [0.25, 0.3) is 0 Å². The second kappa shape index (κ2) is 6.89. The van der Waals surface area contributed by atoms with Crippen LogP contribution in [0, 0.1) is 0 Å². The van der Waals surface area contributed by atoms with E-state index in [-0.39, 0.29) is 0 Å². The lowest BCUT2D eigenvalue weighted by atomic mass is 10.00. The van der Waals surface area contributed by atoms with E-state index in [4.69, 9.17) is 0 Å². The zero-order chi connectivity index (χ0) is 17.9. The van der Waals surface area contributed by atoms with Crippen LogP contribution in [0.15, 0.2) is 97.6 Å². The highest BCUT2D eigenvalue weighted by atomic mass is 14.7. The van der Waals surface area contributed by atoms with Crippen LogP contribution >= 0.6 is 0 Å². The Kier molecular flexibility index (Phi) is 4.28. The molecule has 0 unspecified atom stereocenters. The third-order valence-corrected chi connectivity index (χ3v) is 4.68. The van der Waals surface area contributed by atoms with E-state index in [0.717, 1.165) is 16.6 Å². The van der Waals surface area contributed by atoms with Gasteiger partial charge in [0.15, 0.2) is 0 Å². The van der Waals surface area contributed by atoms with E-state index in [1.54, 1.807) is 0 Å². The van der Waals surface area contributed by atoms with Crippen LogP contribution in [-0.4, -0.2) is 4.98 Å². The van der Waals surface area contributed by atoms with Crippen molar-refractivity contribution in [3.63, 3.8) is 0 Å². The summed E-state index contributed by atoms with van der Waals surface area (Å²) in [5.74, 6) is 0. The summed E-state index contributed by atoms with van der Waals surface area (Å²) in [7, 11) is 0. The highest BCUT2D eigenvalue weighted by molar-refractivity contribution is 6.09. The van der Waals surface area contributed by atoms with Crippen LogP contribution < -0.4 is 0 Å². The lowest BCUT2D eigenvalue weighted by Gasteiger charge is -2.04. The first-order valence-electron chi connectivity index (χ1n) is 8.87. The van der Waals surface area contributed by atoms with Crippen LogP contribution in [0.3, 0.4) is 0 Å². The maximum atomic E-state index is 3.84. The Hall–Kier alpha value is -3.32. The molecule has 3 aromatic carbocycles. The molecule has 0 bridgehead atoms. The van der Waals surface area contributed by atoms with Gasteiger partial charge in [-0.05, 0) is 53.5 Å². The smallest absolute Gasteiger partial charge is 0.0465 e. The van der Waals surface area contributed by atoms with Gasteiger partial charge in [0.1, 0.15) is 0 Å². The molecule has 0 aliphatic rings.